The number of fused-ring (bicyclic) bond motifs is 8. The van der Waals surface area contributed by atoms with Crippen molar-refractivity contribution in [1.29, 1.82) is 0 Å². The van der Waals surface area contributed by atoms with E-state index in [0.29, 0.717) is 28.2 Å². The Hall–Kier alpha value is -10.6. The maximum Gasteiger partial charge on any atom is 0.194 e. The van der Waals surface area contributed by atoms with Crippen LogP contribution < -0.4 is 4.90 Å². The van der Waals surface area contributed by atoms with Gasteiger partial charge in [-0.25, -0.2) is 0 Å². The number of anilines is 3. The van der Waals surface area contributed by atoms with Gasteiger partial charge in [0.25, 0.3) is 0 Å². The summed E-state index contributed by atoms with van der Waals surface area (Å²) in [5.41, 5.74) is 19.4. The average molecular weight is 1080 g/mol. The number of benzene rings is 12. The zero-order valence-electron chi connectivity index (χ0n) is 46.3. The van der Waals surface area contributed by atoms with Gasteiger partial charge in [0.1, 0.15) is 0 Å². The molecule has 0 N–H and O–H groups in total. The summed E-state index contributed by atoms with van der Waals surface area (Å²) in [5.74, 6) is 0.118. The van der Waals surface area contributed by atoms with Crippen molar-refractivity contribution in [3.8, 4) is 33.6 Å². The third-order valence-electron chi connectivity index (χ3n) is 17.3. The molecule has 0 fully saturated rings. The molecule has 400 valence electrons. The second kappa shape index (κ2) is 21.4. The van der Waals surface area contributed by atoms with E-state index in [2.05, 4.69) is 257 Å². The van der Waals surface area contributed by atoms with Gasteiger partial charge in [-0.1, -0.05) is 176 Å². The smallest absolute Gasteiger partial charge is 0.194 e. The molecule has 12 aromatic carbocycles. The molecule has 84 heavy (non-hydrogen) atoms. The SMILES string of the molecule is O=C1c2ccc(-c3ccc(-n4c5ccccc5c5cc(N(c6ccccc6)c6ccccc6)ccc54)cc3)cc2C(=O)c2ccc(-c3ccc(-n4c5ccccc5c5cc(C(CCc6ccccc6)CCc6ccccc6)ccc54)cc3)cc21. The van der Waals surface area contributed by atoms with Crippen LogP contribution in [0.5, 0.6) is 0 Å². The molecule has 0 spiro atoms. The highest BCUT2D eigenvalue weighted by molar-refractivity contribution is 6.29. The van der Waals surface area contributed by atoms with Gasteiger partial charge in [0.2, 0.25) is 0 Å². The van der Waals surface area contributed by atoms with Crippen LogP contribution in [0.25, 0.3) is 77.2 Å². The Labute approximate surface area is 488 Å². The number of ketones is 2. The molecular weight excluding hydrogens is 1020 g/mol. The van der Waals surface area contributed by atoms with Gasteiger partial charge in [-0.05, 0) is 186 Å². The van der Waals surface area contributed by atoms with Crippen LogP contribution in [0.3, 0.4) is 0 Å². The normalized spacial score (nSPS) is 12.2. The van der Waals surface area contributed by atoms with Gasteiger partial charge in [0.05, 0.1) is 22.1 Å². The Morgan fingerprint density at radius 1 is 0.298 bits per heavy atom. The molecule has 0 radical (unpaired) electrons. The minimum absolute atomic E-state index is 0.142. The van der Waals surface area contributed by atoms with Crippen LogP contribution in [0.2, 0.25) is 0 Å². The maximum atomic E-state index is 14.4. The summed E-state index contributed by atoms with van der Waals surface area (Å²) < 4.78 is 4.68. The highest BCUT2D eigenvalue weighted by atomic mass is 16.1. The van der Waals surface area contributed by atoms with E-state index >= 15 is 0 Å². The topological polar surface area (TPSA) is 47.2 Å². The van der Waals surface area contributed by atoms with Crippen LogP contribution in [-0.2, 0) is 12.8 Å². The lowest BCUT2D eigenvalue weighted by atomic mass is 9.81. The molecular formula is C79H57N3O2. The Kier molecular flexibility index (Phi) is 12.8. The monoisotopic (exact) mass is 1080 g/mol. The number of carbonyl (C=O) groups excluding carboxylic acids is 2. The summed E-state index contributed by atoms with van der Waals surface area (Å²) >= 11 is 0. The molecule has 0 bridgehead atoms. The molecule has 5 heteroatoms. The summed E-state index contributed by atoms with van der Waals surface area (Å²) in [6.07, 6.45) is 4.22. The molecule has 0 aliphatic heterocycles. The second-order valence-electron chi connectivity index (χ2n) is 22.2. The minimum atomic E-state index is -0.143. The lowest BCUT2D eigenvalue weighted by Gasteiger charge is -2.25. The Morgan fingerprint density at radius 2 is 0.690 bits per heavy atom. The highest BCUT2D eigenvalue weighted by Crippen LogP contribution is 2.42. The zero-order valence-corrected chi connectivity index (χ0v) is 46.3. The second-order valence-corrected chi connectivity index (χ2v) is 22.2. The van der Waals surface area contributed by atoms with E-state index in [-0.39, 0.29) is 11.6 Å². The summed E-state index contributed by atoms with van der Waals surface area (Å²) in [7, 11) is 0. The molecule has 0 amide bonds. The van der Waals surface area contributed by atoms with Crippen LogP contribution in [0.4, 0.5) is 17.1 Å². The van der Waals surface area contributed by atoms with Crippen LogP contribution in [-0.4, -0.2) is 20.7 Å². The van der Waals surface area contributed by atoms with Crippen molar-refractivity contribution in [2.45, 2.75) is 31.6 Å². The number of carbonyl (C=O) groups is 2. The van der Waals surface area contributed by atoms with E-state index in [1.807, 2.05) is 48.5 Å². The maximum absolute atomic E-state index is 14.4. The van der Waals surface area contributed by atoms with E-state index in [9.17, 15) is 9.59 Å². The first-order valence-electron chi connectivity index (χ1n) is 29.1. The average Bonchev–Trinajstić information content (AvgIpc) is 2.80. The van der Waals surface area contributed by atoms with Gasteiger partial charge >= 0.3 is 0 Å². The van der Waals surface area contributed by atoms with E-state index in [4.69, 9.17) is 0 Å². The van der Waals surface area contributed by atoms with Crippen LogP contribution in [0, 0.1) is 0 Å². The molecule has 5 nitrogen and oxygen atoms in total. The fourth-order valence-corrected chi connectivity index (χ4v) is 13.1. The van der Waals surface area contributed by atoms with Crippen LogP contribution >= 0.6 is 0 Å². The van der Waals surface area contributed by atoms with Gasteiger partial charge < -0.3 is 14.0 Å². The van der Waals surface area contributed by atoms with Crippen molar-refractivity contribution in [3.63, 3.8) is 0 Å². The van der Waals surface area contributed by atoms with Crippen LogP contribution in [0.1, 0.15) is 67.3 Å². The predicted molar refractivity (Wildman–Crippen MR) is 346 cm³/mol. The standard InChI is InChI=1S/C79H57N3O2/c83-78-69-46-38-59(57-35-42-64(43-36-57)82-75-28-16-14-26-67(75)71-52-65(44-48-77(71)82)80(61-21-9-3-10-22-61)62-23-11-4-12-24-62)51-73(69)79(84)68-45-37-58(50-72(68)78)56-33-40-63(41-34-56)81-74-27-15-13-25-66(74)70-49-60(39-47-76(70)81)55(31-29-53-17-5-1-6-18-53)32-30-54-19-7-2-8-20-54/h1-28,33-52,55H,29-32H2. The van der Waals surface area contributed by atoms with Crippen LogP contribution in [0.15, 0.2) is 291 Å². The summed E-state index contributed by atoms with van der Waals surface area (Å²) in [5, 5.41) is 4.81. The summed E-state index contributed by atoms with van der Waals surface area (Å²) in [6.45, 7) is 0. The Balaban J connectivity index is 0.691. The first-order valence-corrected chi connectivity index (χ1v) is 29.1. The zero-order chi connectivity index (χ0) is 56.1. The van der Waals surface area contributed by atoms with E-state index in [0.717, 1.165) is 98.3 Å². The molecule has 1 aliphatic rings. The molecule has 15 rings (SSSR count). The van der Waals surface area contributed by atoms with Crippen molar-refractivity contribution < 1.29 is 9.59 Å². The molecule has 1 aliphatic carbocycles. The molecule has 0 atom stereocenters. The number of rotatable bonds is 14. The summed E-state index contributed by atoms with van der Waals surface area (Å²) in [4.78, 5) is 31.2. The first kappa shape index (κ1) is 50.3. The fraction of sp³-hybridized carbons (Fsp3) is 0.0633. The van der Waals surface area contributed by atoms with Crippen molar-refractivity contribution in [1.82, 2.24) is 9.13 Å². The molecule has 14 aromatic rings. The highest BCUT2D eigenvalue weighted by Gasteiger charge is 2.31. The first-order chi connectivity index (χ1) is 41.5. The lowest BCUT2D eigenvalue weighted by Crippen LogP contribution is -2.21. The fourth-order valence-electron chi connectivity index (χ4n) is 13.1. The Bertz CT molecular complexity index is 4710. The van der Waals surface area contributed by atoms with Gasteiger partial charge in [-0.15, -0.1) is 0 Å². The number of hydrogen-bond donors (Lipinski definition) is 0. The van der Waals surface area contributed by atoms with Gasteiger partial charge in [0.15, 0.2) is 11.6 Å². The van der Waals surface area contributed by atoms with E-state index in [1.165, 1.54) is 38.4 Å². The van der Waals surface area contributed by atoms with Crippen molar-refractivity contribution in [2.75, 3.05) is 4.90 Å². The number of aromatic nitrogens is 2. The molecule has 0 unspecified atom stereocenters. The number of nitrogens with zero attached hydrogens (tertiary/aromatic N) is 3. The predicted octanol–water partition coefficient (Wildman–Crippen LogP) is 19.8. The molecule has 2 aromatic heterocycles. The summed E-state index contributed by atoms with van der Waals surface area (Å²) in [6, 6.07) is 102. The molecule has 0 saturated heterocycles. The minimum Gasteiger partial charge on any atom is -0.310 e. The third kappa shape index (κ3) is 9.08. The molecule has 2 heterocycles. The number of hydrogen-bond acceptors (Lipinski definition) is 3. The quantitative estimate of drug-likeness (QED) is 0.109. The van der Waals surface area contributed by atoms with E-state index in [1.54, 1.807) is 0 Å². The lowest BCUT2D eigenvalue weighted by molar-refractivity contribution is 0.0979. The largest absolute Gasteiger partial charge is 0.310 e. The number of para-hydroxylation sites is 4. The van der Waals surface area contributed by atoms with Gasteiger partial charge in [-0.2, -0.15) is 0 Å². The number of aryl methyl sites for hydroxylation is 2. The Morgan fingerprint density at radius 3 is 1.17 bits per heavy atom. The van der Waals surface area contributed by atoms with Crippen molar-refractivity contribution in [3.05, 3.63) is 330 Å². The van der Waals surface area contributed by atoms with E-state index < -0.39 is 0 Å². The van der Waals surface area contributed by atoms with Crippen molar-refractivity contribution >= 4 is 72.2 Å². The van der Waals surface area contributed by atoms with Gasteiger partial charge in [-0.3, -0.25) is 9.59 Å². The molecule has 0 saturated carbocycles. The third-order valence-corrected chi connectivity index (χ3v) is 17.3. The van der Waals surface area contributed by atoms with Crippen molar-refractivity contribution in [2.24, 2.45) is 0 Å². The van der Waals surface area contributed by atoms with Gasteiger partial charge in [0, 0.05) is 72.2 Å².